The number of nitrogens with zero attached hydrogens (tertiary/aromatic N) is 1. The molecule has 0 spiro atoms. The second kappa shape index (κ2) is 10.1. The lowest BCUT2D eigenvalue weighted by Crippen LogP contribution is -2.48. The first-order valence-corrected chi connectivity index (χ1v) is 9.65. The molecule has 2 rings (SSSR count). The van der Waals surface area contributed by atoms with Crippen LogP contribution in [0.3, 0.4) is 0 Å². The van der Waals surface area contributed by atoms with Crippen molar-refractivity contribution in [2.75, 3.05) is 6.54 Å². The van der Waals surface area contributed by atoms with Gasteiger partial charge < -0.3 is 10.2 Å². The van der Waals surface area contributed by atoms with Gasteiger partial charge in [-0.15, -0.1) is 0 Å². The van der Waals surface area contributed by atoms with Crippen molar-refractivity contribution in [3.8, 4) is 0 Å². The molecule has 0 fully saturated rings. The summed E-state index contributed by atoms with van der Waals surface area (Å²) in [6, 6.07) is 14.7. The highest BCUT2D eigenvalue weighted by atomic mass is 35.5. The maximum absolute atomic E-state index is 13.0. The molecule has 27 heavy (non-hydrogen) atoms. The molecule has 0 radical (unpaired) electrons. The van der Waals surface area contributed by atoms with E-state index in [1.54, 1.807) is 24.0 Å². The third-order valence-electron chi connectivity index (χ3n) is 4.43. The number of carbonyl (C=O) groups is 2. The van der Waals surface area contributed by atoms with Crippen LogP contribution in [0.4, 0.5) is 0 Å². The van der Waals surface area contributed by atoms with Gasteiger partial charge in [-0.2, -0.15) is 0 Å². The quantitative estimate of drug-likeness (QED) is 0.741. The molecule has 0 bridgehead atoms. The number of halogens is 1. The first kappa shape index (κ1) is 21.0. The van der Waals surface area contributed by atoms with E-state index in [0.717, 1.165) is 23.1 Å². The van der Waals surface area contributed by atoms with Crippen molar-refractivity contribution in [1.82, 2.24) is 10.2 Å². The van der Waals surface area contributed by atoms with Gasteiger partial charge >= 0.3 is 0 Å². The molecular weight excluding hydrogens is 360 g/mol. The predicted octanol–water partition coefficient (Wildman–Crippen LogP) is 4.13. The monoisotopic (exact) mass is 386 g/mol. The molecule has 2 aromatic rings. The summed E-state index contributed by atoms with van der Waals surface area (Å²) in [7, 11) is 0. The van der Waals surface area contributed by atoms with Gasteiger partial charge in [-0.05, 0) is 43.5 Å². The van der Waals surface area contributed by atoms with Crippen LogP contribution in [-0.4, -0.2) is 29.3 Å². The van der Waals surface area contributed by atoms with Crippen LogP contribution in [0.25, 0.3) is 0 Å². The summed E-state index contributed by atoms with van der Waals surface area (Å²) in [5.74, 6) is -0.236. The van der Waals surface area contributed by atoms with E-state index in [9.17, 15) is 9.59 Å². The summed E-state index contributed by atoms with van der Waals surface area (Å²) in [6.07, 6.45) is 1.06. The zero-order chi connectivity index (χ0) is 19.8. The first-order valence-electron chi connectivity index (χ1n) is 9.28. The zero-order valence-corrected chi connectivity index (χ0v) is 16.9. The van der Waals surface area contributed by atoms with E-state index < -0.39 is 6.04 Å². The Morgan fingerprint density at radius 3 is 2.44 bits per heavy atom. The molecule has 4 nitrogen and oxygen atoms in total. The minimum atomic E-state index is -0.551. The van der Waals surface area contributed by atoms with Crippen molar-refractivity contribution < 1.29 is 9.59 Å². The molecule has 1 atom stereocenters. The molecular formula is C22H27ClN2O2. The molecule has 0 aliphatic rings. The van der Waals surface area contributed by atoms with Gasteiger partial charge in [-0.1, -0.05) is 60.5 Å². The van der Waals surface area contributed by atoms with E-state index in [0.29, 0.717) is 18.1 Å². The summed E-state index contributed by atoms with van der Waals surface area (Å²) >= 11 is 6.03. The van der Waals surface area contributed by atoms with Gasteiger partial charge in [0.15, 0.2) is 0 Å². The predicted molar refractivity (Wildman–Crippen MR) is 110 cm³/mol. The average Bonchev–Trinajstić information content (AvgIpc) is 2.65. The lowest BCUT2D eigenvalue weighted by atomic mass is 10.1. The van der Waals surface area contributed by atoms with E-state index in [2.05, 4.69) is 5.32 Å². The maximum atomic E-state index is 13.0. The van der Waals surface area contributed by atoms with E-state index in [4.69, 9.17) is 11.6 Å². The van der Waals surface area contributed by atoms with E-state index in [1.807, 2.05) is 50.2 Å². The fourth-order valence-corrected chi connectivity index (χ4v) is 3.00. The minimum absolute atomic E-state index is 0.100. The van der Waals surface area contributed by atoms with Gasteiger partial charge in [-0.25, -0.2) is 0 Å². The molecule has 0 unspecified atom stereocenters. The Morgan fingerprint density at radius 2 is 1.81 bits per heavy atom. The molecule has 2 amide bonds. The van der Waals surface area contributed by atoms with Crippen LogP contribution in [0, 0.1) is 6.92 Å². The Labute approximate surface area is 166 Å². The molecule has 0 saturated carbocycles. The third-order valence-corrected chi connectivity index (χ3v) is 4.67. The Hall–Kier alpha value is -2.33. The van der Waals surface area contributed by atoms with Crippen molar-refractivity contribution in [1.29, 1.82) is 0 Å². The number of carbonyl (C=O) groups excluding carboxylic acids is 2. The summed E-state index contributed by atoms with van der Waals surface area (Å²) in [4.78, 5) is 27.1. The fourth-order valence-electron chi connectivity index (χ4n) is 2.79. The van der Waals surface area contributed by atoms with Gasteiger partial charge in [0.2, 0.25) is 11.8 Å². The summed E-state index contributed by atoms with van der Waals surface area (Å²) < 4.78 is 0. The first-order chi connectivity index (χ1) is 12.9. The molecule has 0 aliphatic carbocycles. The van der Waals surface area contributed by atoms with Crippen LogP contribution in [0.1, 0.15) is 37.0 Å². The number of rotatable bonds is 8. The molecule has 0 heterocycles. The number of amides is 2. The Kier molecular flexibility index (Phi) is 7.86. The fraction of sp³-hybridized carbons (Fsp3) is 0.364. The average molecular weight is 387 g/mol. The molecule has 1 N–H and O–H groups in total. The van der Waals surface area contributed by atoms with E-state index >= 15 is 0 Å². The second-order valence-electron chi connectivity index (χ2n) is 6.78. The number of nitrogens with one attached hydrogen (secondary N) is 1. The lowest BCUT2D eigenvalue weighted by molar-refractivity contribution is -0.140. The summed E-state index contributed by atoms with van der Waals surface area (Å²) in [6.45, 7) is 6.78. The second-order valence-corrected chi connectivity index (χ2v) is 7.22. The normalized spacial score (nSPS) is 11.7. The zero-order valence-electron chi connectivity index (χ0n) is 16.2. The Balaban J connectivity index is 2.20. The van der Waals surface area contributed by atoms with Crippen molar-refractivity contribution in [2.24, 2.45) is 0 Å². The van der Waals surface area contributed by atoms with Crippen LogP contribution >= 0.6 is 11.6 Å². The SMILES string of the molecule is CCCNC(=O)[C@@H](C)N(Cc1ccc(C)cc1)C(=O)Cc1cccc(Cl)c1. The number of benzene rings is 2. The van der Waals surface area contributed by atoms with Gasteiger partial charge in [0.1, 0.15) is 6.04 Å². The van der Waals surface area contributed by atoms with Gasteiger partial charge in [-0.3, -0.25) is 9.59 Å². The summed E-state index contributed by atoms with van der Waals surface area (Å²) in [5, 5.41) is 3.48. The Morgan fingerprint density at radius 1 is 1.11 bits per heavy atom. The van der Waals surface area contributed by atoms with Crippen molar-refractivity contribution in [3.05, 3.63) is 70.2 Å². The number of hydrogen-bond donors (Lipinski definition) is 1. The van der Waals surface area contributed by atoms with Crippen LogP contribution in [0.5, 0.6) is 0 Å². The Bertz CT molecular complexity index is 774. The standard InChI is InChI=1S/C22H27ClN2O2/c1-4-12-24-22(27)17(3)25(15-18-10-8-16(2)9-11-18)21(26)14-19-6-5-7-20(23)13-19/h5-11,13,17H,4,12,14-15H2,1-3H3,(H,24,27)/t17-/m1/s1. The molecule has 0 aromatic heterocycles. The van der Waals surface area contributed by atoms with Gasteiger partial charge in [0.05, 0.1) is 6.42 Å². The highest BCUT2D eigenvalue weighted by Crippen LogP contribution is 2.15. The largest absolute Gasteiger partial charge is 0.354 e. The highest BCUT2D eigenvalue weighted by Gasteiger charge is 2.26. The molecule has 144 valence electrons. The lowest BCUT2D eigenvalue weighted by Gasteiger charge is -2.29. The highest BCUT2D eigenvalue weighted by molar-refractivity contribution is 6.30. The van der Waals surface area contributed by atoms with Gasteiger partial charge in [0, 0.05) is 18.1 Å². The number of hydrogen-bond acceptors (Lipinski definition) is 2. The topological polar surface area (TPSA) is 49.4 Å². The van der Waals surface area contributed by atoms with Gasteiger partial charge in [0.25, 0.3) is 0 Å². The summed E-state index contributed by atoms with van der Waals surface area (Å²) in [5.41, 5.74) is 2.99. The minimum Gasteiger partial charge on any atom is -0.354 e. The van der Waals surface area contributed by atoms with Crippen molar-refractivity contribution in [2.45, 2.75) is 46.2 Å². The van der Waals surface area contributed by atoms with Crippen LogP contribution in [-0.2, 0) is 22.6 Å². The van der Waals surface area contributed by atoms with Crippen molar-refractivity contribution in [3.63, 3.8) is 0 Å². The molecule has 0 aliphatic heterocycles. The van der Waals surface area contributed by atoms with E-state index in [1.165, 1.54) is 0 Å². The van der Waals surface area contributed by atoms with Crippen LogP contribution in [0.15, 0.2) is 48.5 Å². The van der Waals surface area contributed by atoms with Crippen LogP contribution in [0.2, 0.25) is 5.02 Å². The molecule has 2 aromatic carbocycles. The maximum Gasteiger partial charge on any atom is 0.242 e. The number of aryl methyl sites for hydroxylation is 1. The molecule has 5 heteroatoms. The van der Waals surface area contributed by atoms with Crippen LogP contribution < -0.4 is 5.32 Å². The van der Waals surface area contributed by atoms with Crippen molar-refractivity contribution >= 4 is 23.4 Å². The smallest absolute Gasteiger partial charge is 0.242 e. The van der Waals surface area contributed by atoms with E-state index in [-0.39, 0.29) is 18.2 Å². The molecule has 0 saturated heterocycles. The third kappa shape index (κ3) is 6.40.